The molecule has 0 aromatic carbocycles. The van der Waals surface area contributed by atoms with E-state index in [0.717, 1.165) is 21.6 Å². The molecule has 2 aromatic heterocycles. The average molecular weight is 426 g/mol. The zero-order valence-corrected chi connectivity index (χ0v) is 16.9. The minimum atomic E-state index is -0.103. The predicted octanol–water partition coefficient (Wildman–Crippen LogP) is 4.47. The van der Waals surface area contributed by atoms with Gasteiger partial charge in [-0.2, -0.15) is 0 Å². The Labute approximate surface area is 160 Å². The summed E-state index contributed by atoms with van der Waals surface area (Å²) in [5, 5.41) is 7.10. The number of hydrogen-bond donors (Lipinski definition) is 1. The van der Waals surface area contributed by atoms with Gasteiger partial charge in [-0.3, -0.25) is 4.79 Å². The Bertz CT molecular complexity index is 705. The van der Waals surface area contributed by atoms with Crippen LogP contribution in [0.1, 0.15) is 48.2 Å². The van der Waals surface area contributed by atoms with E-state index in [0.29, 0.717) is 23.6 Å². The normalized spacial score (nSPS) is 15.9. The average Bonchev–Trinajstić information content (AvgIpc) is 3.09. The summed E-state index contributed by atoms with van der Waals surface area (Å²) in [7, 11) is 0. The minimum absolute atomic E-state index is 0.103. The maximum absolute atomic E-state index is 12.6. The van der Waals surface area contributed by atoms with Gasteiger partial charge in [0.1, 0.15) is 17.0 Å². The first-order chi connectivity index (χ1) is 12.1. The lowest BCUT2D eigenvalue weighted by Gasteiger charge is -2.19. The van der Waals surface area contributed by atoms with E-state index < -0.39 is 0 Å². The zero-order chi connectivity index (χ0) is 17.6. The lowest BCUT2D eigenvalue weighted by atomic mass is 10.1. The van der Waals surface area contributed by atoms with Crippen molar-refractivity contribution >= 4 is 33.2 Å². The molecule has 136 valence electrons. The van der Waals surface area contributed by atoms with Crippen LogP contribution in [0, 0.1) is 6.92 Å². The molecule has 5 nitrogen and oxygen atoms in total. The van der Waals surface area contributed by atoms with E-state index in [1.54, 1.807) is 18.3 Å². The summed E-state index contributed by atoms with van der Waals surface area (Å²) in [5.41, 5.74) is 1.17. The minimum Gasteiger partial charge on any atom is -0.360 e. The number of nitrogens with zero attached hydrogens (tertiary/aromatic N) is 2. The zero-order valence-electron chi connectivity index (χ0n) is 14.5. The highest BCUT2D eigenvalue weighted by Gasteiger charge is 2.22. The topological polar surface area (TPSA) is 58.4 Å². The summed E-state index contributed by atoms with van der Waals surface area (Å²) in [5.74, 6) is 0.457. The van der Waals surface area contributed by atoms with Gasteiger partial charge in [0.05, 0.1) is 8.66 Å². The molecule has 0 spiro atoms. The Morgan fingerprint density at radius 2 is 2.08 bits per heavy atom. The molecule has 1 N–H and O–H groups in total. The van der Waals surface area contributed by atoms with E-state index in [1.807, 2.05) is 12.1 Å². The largest absolute Gasteiger partial charge is 0.360 e. The molecule has 1 fully saturated rings. The number of nitrogens with one attached hydrogen (secondary N) is 1. The number of halogens is 1. The third-order valence-corrected chi connectivity index (χ3v) is 6.16. The quantitative estimate of drug-likeness (QED) is 0.693. The van der Waals surface area contributed by atoms with Gasteiger partial charge in [-0.1, -0.05) is 18.0 Å². The molecule has 1 aliphatic rings. The molecule has 0 unspecified atom stereocenters. The molecule has 0 atom stereocenters. The van der Waals surface area contributed by atoms with Crippen molar-refractivity contribution < 1.29 is 9.32 Å². The second kappa shape index (κ2) is 8.96. The molecule has 7 heteroatoms. The van der Waals surface area contributed by atoms with Crippen molar-refractivity contribution in [1.82, 2.24) is 15.4 Å². The Hall–Kier alpha value is -1.18. The van der Waals surface area contributed by atoms with E-state index in [4.69, 9.17) is 4.52 Å². The number of hydrogen-bond acceptors (Lipinski definition) is 5. The highest BCUT2D eigenvalue weighted by Crippen LogP contribution is 2.33. The summed E-state index contributed by atoms with van der Waals surface area (Å²) in [6.45, 7) is 5.89. The smallest absolute Gasteiger partial charge is 0.257 e. The van der Waals surface area contributed by atoms with Crippen LogP contribution in [-0.4, -0.2) is 42.1 Å². The van der Waals surface area contributed by atoms with Crippen LogP contribution in [0.15, 0.2) is 20.4 Å². The molecule has 25 heavy (non-hydrogen) atoms. The number of carbonyl (C=O) groups is 1. The number of likely N-dealkylation sites (tertiary alicyclic amines) is 1. The van der Waals surface area contributed by atoms with Crippen LogP contribution < -0.4 is 5.32 Å². The first-order valence-corrected chi connectivity index (χ1v) is 10.5. The summed E-state index contributed by atoms with van der Waals surface area (Å²) >= 11 is 4.99. The third-order valence-electron chi connectivity index (χ3n) is 4.53. The van der Waals surface area contributed by atoms with E-state index in [9.17, 15) is 4.79 Å². The molecule has 1 aliphatic heterocycles. The van der Waals surface area contributed by atoms with Gasteiger partial charge in [0.2, 0.25) is 0 Å². The van der Waals surface area contributed by atoms with Gasteiger partial charge in [-0.05, 0) is 73.9 Å². The molecule has 3 rings (SSSR count). The maximum Gasteiger partial charge on any atom is 0.257 e. The Kier molecular flexibility index (Phi) is 6.67. The molecule has 1 saturated heterocycles. The maximum atomic E-state index is 12.6. The molecule has 3 heterocycles. The number of rotatable bonds is 6. The molecule has 0 bridgehead atoms. The Morgan fingerprint density at radius 3 is 2.76 bits per heavy atom. The van der Waals surface area contributed by atoms with Gasteiger partial charge in [0.15, 0.2) is 0 Å². The van der Waals surface area contributed by atoms with E-state index in [2.05, 4.69) is 31.3 Å². The Morgan fingerprint density at radius 1 is 1.32 bits per heavy atom. The second-order valence-corrected chi connectivity index (χ2v) is 8.89. The van der Waals surface area contributed by atoms with Crippen molar-refractivity contribution in [2.45, 2.75) is 39.0 Å². The van der Waals surface area contributed by atoms with Crippen molar-refractivity contribution in [3.05, 3.63) is 27.2 Å². The number of aromatic nitrogens is 1. The fourth-order valence-corrected chi connectivity index (χ4v) is 4.58. The van der Waals surface area contributed by atoms with Crippen molar-refractivity contribution in [3.8, 4) is 10.6 Å². The standard InChI is InChI=1S/C18H24BrN3O2S/c1-13-16(17(21-24-13)14-7-8-15(19)25-14)18(23)20-9-6-12-22-10-4-2-3-5-11-22/h7-8H,2-6,9-12H2,1H3,(H,20,23). The molecule has 0 radical (unpaired) electrons. The second-order valence-electron chi connectivity index (χ2n) is 6.43. The van der Waals surface area contributed by atoms with Gasteiger partial charge in [0, 0.05) is 6.54 Å². The van der Waals surface area contributed by atoms with Gasteiger partial charge in [0.25, 0.3) is 5.91 Å². The summed E-state index contributed by atoms with van der Waals surface area (Å²) in [6, 6.07) is 3.90. The van der Waals surface area contributed by atoms with Crippen molar-refractivity contribution in [1.29, 1.82) is 0 Å². The highest BCUT2D eigenvalue weighted by atomic mass is 79.9. The number of aryl methyl sites for hydroxylation is 1. The lowest BCUT2D eigenvalue weighted by Crippen LogP contribution is -2.30. The lowest BCUT2D eigenvalue weighted by molar-refractivity contribution is 0.0950. The first kappa shape index (κ1) is 18.6. The van der Waals surface area contributed by atoms with Crippen LogP contribution in [0.2, 0.25) is 0 Å². The number of thiophene rings is 1. The van der Waals surface area contributed by atoms with Gasteiger partial charge < -0.3 is 14.7 Å². The van der Waals surface area contributed by atoms with Crippen LogP contribution >= 0.6 is 27.3 Å². The van der Waals surface area contributed by atoms with E-state index in [-0.39, 0.29) is 5.91 Å². The third kappa shape index (κ3) is 4.92. The molecule has 0 aliphatic carbocycles. The predicted molar refractivity (Wildman–Crippen MR) is 104 cm³/mol. The van der Waals surface area contributed by atoms with Gasteiger partial charge in [-0.15, -0.1) is 11.3 Å². The molecule has 2 aromatic rings. The SMILES string of the molecule is Cc1onc(-c2ccc(Br)s2)c1C(=O)NCCCN1CCCCCC1. The summed E-state index contributed by atoms with van der Waals surface area (Å²) < 4.78 is 6.27. The fourth-order valence-electron chi connectivity index (χ4n) is 3.20. The molecule has 1 amide bonds. The van der Waals surface area contributed by atoms with Crippen LogP contribution in [0.5, 0.6) is 0 Å². The molecular formula is C18H24BrN3O2S. The summed E-state index contributed by atoms with van der Waals surface area (Å²) in [4.78, 5) is 16.0. The van der Waals surface area contributed by atoms with Crippen molar-refractivity contribution in [3.63, 3.8) is 0 Å². The number of carbonyl (C=O) groups excluding carboxylic acids is 1. The van der Waals surface area contributed by atoms with Gasteiger partial charge >= 0.3 is 0 Å². The van der Waals surface area contributed by atoms with E-state index in [1.165, 1.54) is 38.8 Å². The number of amides is 1. The van der Waals surface area contributed by atoms with E-state index >= 15 is 0 Å². The summed E-state index contributed by atoms with van der Waals surface area (Å²) in [6.07, 6.45) is 6.26. The first-order valence-electron chi connectivity index (χ1n) is 8.87. The van der Waals surface area contributed by atoms with Gasteiger partial charge in [-0.25, -0.2) is 0 Å². The Balaban J connectivity index is 1.54. The van der Waals surface area contributed by atoms with Crippen LogP contribution in [0.3, 0.4) is 0 Å². The molecule has 0 saturated carbocycles. The van der Waals surface area contributed by atoms with Crippen LogP contribution in [-0.2, 0) is 0 Å². The molecular weight excluding hydrogens is 402 g/mol. The van der Waals surface area contributed by atoms with Crippen LogP contribution in [0.25, 0.3) is 10.6 Å². The highest BCUT2D eigenvalue weighted by molar-refractivity contribution is 9.11. The fraction of sp³-hybridized carbons (Fsp3) is 0.556. The van der Waals surface area contributed by atoms with Crippen LogP contribution in [0.4, 0.5) is 0 Å². The monoisotopic (exact) mass is 425 g/mol. The van der Waals surface area contributed by atoms with Crippen molar-refractivity contribution in [2.24, 2.45) is 0 Å². The van der Waals surface area contributed by atoms with Crippen molar-refractivity contribution in [2.75, 3.05) is 26.2 Å².